The van der Waals surface area contributed by atoms with Crippen LogP contribution in [0.25, 0.3) is 0 Å². The monoisotopic (exact) mass is 314 g/mol. The van der Waals surface area contributed by atoms with Gasteiger partial charge in [0.15, 0.2) is 6.61 Å². The minimum atomic E-state index is -0.479. The highest BCUT2D eigenvalue weighted by Crippen LogP contribution is 2.17. The van der Waals surface area contributed by atoms with Gasteiger partial charge in [-0.2, -0.15) is 0 Å². The van der Waals surface area contributed by atoms with Gasteiger partial charge in [0.25, 0.3) is 11.6 Å². The molecule has 0 bridgehead atoms. The van der Waals surface area contributed by atoms with Crippen LogP contribution in [0.1, 0.15) is 12.5 Å². The molecular formula is C17H18N2O4. The third kappa shape index (κ3) is 4.81. The van der Waals surface area contributed by atoms with Gasteiger partial charge in [-0.25, -0.2) is 0 Å². The number of benzene rings is 2. The number of carbonyl (C=O) groups is 1. The maximum absolute atomic E-state index is 12.2. The second kappa shape index (κ2) is 7.93. The summed E-state index contributed by atoms with van der Waals surface area (Å²) in [7, 11) is 0. The van der Waals surface area contributed by atoms with Gasteiger partial charge in [-0.15, -0.1) is 0 Å². The van der Waals surface area contributed by atoms with E-state index < -0.39 is 4.92 Å². The highest BCUT2D eigenvalue weighted by molar-refractivity contribution is 5.77. The SMILES string of the molecule is CCN(Cc1ccccc1)C(=O)COc1ccc([N+](=O)[O-])cc1. The van der Waals surface area contributed by atoms with Crippen LogP contribution in [-0.2, 0) is 11.3 Å². The van der Waals surface area contributed by atoms with Crippen LogP contribution in [-0.4, -0.2) is 28.9 Å². The summed E-state index contributed by atoms with van der Waals surface area (Å²) in [5.41, 5.74) is 1.04. The maximum Gasteiger partial charge on any atom is 0.269 e. The lowest BCUT2D eigenvalue weighted by atomic mass is 10.2. The van der Waals surface area contributed by atoms with E-state index >= 15 is 0 Å². The molecule has 120 valence electrons. The number of hydrogen-bond acceptors (Lipinski definition) is 4. The number of likely N-dealkylation sites (N-methyl/N-ethyl adjacent to an activating group) is 1. The minimum Gasteiger partial charge on any atom is -0.484 e. The van der Waals surface area contributed by atoms with E-state index in [0.717, 1.165) is 5.56 Å². The standard InChI is InChI=1S/C17H18N2O4/c1-2-18(12-14-6-4-3-5-7-14)17(20)13-23-16-10-8-15(9-11-16)19(21)22/h3-11H,2,12-13H2,1H3. The number of hydrogen-bond donors (Lipinski definition) is 0. The summed E-state index contributed by atoms with van der Waals surface area (Å²) in [6.45, 7) is 2.92. The summed E-state index contributed by atoms with van der Waals surface area (Å²) in [6, 6.07) is 15.4. The van der Waals surface area contributed by atoms with E-state index in [-0.39, 0.29) is 18.2 Å². The van der Waals surface area contributed by atoms with E-state index in [1.165, 1.54) is 24.3 Å². The number of rotatable bonds is 7. The summed E-state index contributed by atoms with van der Waals surface area (Å²) < 4.78 is 5.41. The molecule has 0 aliphatic carbocycles. The van der Waals surface area contributed by atoms with Gasteiger partial charge in [0.2, 0.25) is 0 Å². The molecule has 6 nitrogen and oxygen atoms in total. The Kier molecular flexibility index (Phi) is 5.68. The molecule has 0 aliphatic heterocycles. The number of non-ortho nitro benzene ring substituents is 1. The van der Waals surface area contributed by atoms with Crippen molar-refractivity contribution in [3.63, 3.8) is 0 Å². The normalized spacial score (nSPS) is 10.1. The molecule has 23 heavy (non-hydrogen) atoms. The first-order valence-corrected chi connectivity index (χ1v) is 7.29. The molecule has 2 rings (SSSR count). The predicted molar refractivity (Wildman–Crippen MR) is 86.1 cm³/mol. The first-order chi connectivity index (χ1) is 11.1. The quantitative estimate of drug-likeness (QED) is 0.581. The van der Waals surface area contributed by atoms with Crippen molar-refractivity contribution < 1.29 is 14.5 Å². The largest absolute Gasteiger partial charge is 0.484 e. The molecule has 0 atom stereocenters. The second-order valence-electron chi connectivity index (χ2n) is 4.93. The lowest BCUT2D eigenvalue weighted by Gasteiger charge is -2.21. The molecule has 0 radical (unpaired) electrons. The van der Waals surface area contributed by atoms with E-state index in [1.807, 2.05) is 37.3 Å². The van der Waals surface area contributed by atoms with E-state index in [9.17, 15) is 14.9 Å². The Morgan fingerprint density at radius 2 is 1.78 bits per heavy atom. The average Bonchev–Trinajstić information content (AvgIpc) is 2.58. The molecule has 0 saturated carbocycles. The van der Waals surface area contributed by atoms with Crippen LogP contribution in [0.2, 0.25) is 0 Å². The Bertz CT molecular complexity index is 656. The second-order valence-corrected chi connectivity index (χ2v) is 4.93. The lowest BCUT2D eigenvalue weighted by Crippen LogP contribution is -2.34. The molecule has 1 amide bonds. The van der Waals surface area contributed by atoms with Crippen LogP contribution in [0.3, 0.4) is 0 Å². The van der Waals surface area contributed by atoms with Crippen LogP contribution < -0.4 is 4.74 Å². The Labute approximate surface area is 134 Å². The number of nitro groups is 1. The van der Waals surface area contributed by atoms with Crippen molar-refractivity contribution in [1.82, 2.24) is 4.90 Å². The maximum atomic E-state index is 12.2. The fourth-order valence-corrected chi connectivity index (χ4v) is 2.08. The Morgan fingerprint density at radius 3 is 2.35 bits per heavy atom. The van der Waals surface area contributed by atoms with Crippen molar-refractivity contribution in [3.8, 4) is 5.75 Å². The van der Waals surface area contributed by atoms with E-state index in [4.69, 9.17) is 4.74 Å². The zero-order chi connectivity index (χ0) is 16.7. The van der Waals surface area contributed by atoms with Gasteiger partial charge in [-0.3, -0.25) is 14.9 Å². The van der Waals surface area contributed by atoms with Gasteiger partial charge in [-0.1, -0.05) is 30.3 Å². The van der Waals surface area contributed by atoms with E-state index in [1.54, 1.807) is 4.90 Å². The molecule has 0 aliphatic rings. The summed E-state index contributed by atoms with van der Waals surface area (Å²) in [5.74, 6) is 0.300. The van der Waals surface area contributed by atoms with Crippen LogP contribution >= 0.6 is 0 Å². The third-order valence-corrected chi connectivity index (χ3v) is 3.36. The zero-order valence-electron chi connectivity index (χ0n) is 12.8. The molecule has 0 aromatic heterocycles. The number of carbonyl (C=O) groups excluding carboxylic acids is 1. The Morgan fingerprint density at radius 1 is 1.13 bits per heavy atom. The number of nitrogens with zero attached hydrogens (tertiary/aromatic N) is 2. The van der Waals surface area contributed by atoms with Gasteiger partial charge in [0.05, 0.1) is 4.92 Å². The number of amides is 1. The van der Waals surface area contributed by atoms with E-state index in [2.05, 4.69) is 0 Å². The molecule has 0 unspecified atom stereocenters. The third-order valence-electron chi connectivity index (χ3n) is 3.36. The van der Waals surface area contributed by atoms with Gasteiger partial charge in [0, 0.05) is 25.2 Å². The molecule has 0 spiro atoms. The van der Waals surface area contributed by atoms with Crippen LogP contribution in [0.4, 0.5) is 5.69 Å². The van der Waals surface area contributed by atoms with Gasteiger partial charge in [-0.05, 0) is 24.6 Å². The van der Waals surface area contributed by atoms with Gasteiger partial charge in [0.1, 0.15) is 5.75 Å². The minimum absolute atomic E-state index is 0.0112. The molecule has 2 aromatic carbocycles. The highest BCUT2D eigenvalue weighted by Gasteiger charge is 2.13. The van der Waals surface area contributed by atoms with Crippen LogP contribution in [0.5, 0.6) is 5.75 Å². The fourth-order valence-electron chi connectivity index (χ4n) is 2.08. The Hall–Kier alpha value is -2.89. The van der Waals surface area contributed by atoms with Crippen molar-refractivity contribution in [1.29, 1.82) is 0 Å². The van der Waals surface area contributed by atoms with Crippen LogP contribution in [0, 0.1) is 10.1 Å². The summed E-state index contributed by atoms with van der Waals surface area (Å²) in [4.78, 5) is 24.0. The number of ether oxygens (including phenoxy) is 1. The molecule has 2 aromatic rings. The topological polar surface area (TPSA) is 72.7 Å². The molecule has 6 heteroatoms. The summed E-state index contributed by atoms with van der Waals surface area (Å²) >= 11 is 0. The fraction of sp³-hybridized carbons (Fsp3) is 0.235. The van der Waals surface area contributed by atoms with Gasteiger partial charge >= 0.3 is 0 Å². The Balaban J connectivity index is 1.90. The number of nitro benzene ring substituents is 1. The summed E-state index contributed by atoms with van der Waals surface area (Å²) in [5, 5.41) is 10.6. The lowest BCUT2D eigenvalue weighted by molar-refractivity contribution is -0.384. The van der Waals surface area contributed by atoms with Gasteiger partial charge < -0.3 is 9.64 Å². The molecule has 0 N–H and O–H groups in total. The molecule has 0 saturated heterocycles. The predicted octanol–water partition coefficient (Wildman–Crippen LogP) is 3.02. The zero-order valence-corrected chi connectivity index (χ0v) is 12.8. The molecule has 0 heterocycles. The average molecular weight is 314 g/mol. The van der Waals surface area contributed by atoms with Crippen molar-refractivity contribution in [2.45, 2.75) is 13.5 Å². The van der Waals surface area contributed by atoms with Crippen molar-refractivity contribution in [3.05, 3.63) is 70.3 Å². The van der Waals surface area contributed by atoms with E-state index in [0.29, 0.717) is 18.8 Å². The van der Waals surface area contributed by atoms with Crippen LogP contribution in [0.15, 0.2) is 54.6 Å². The first kappa shape index (κ1) is 16.5. The first-order valence-electron chi connectivity index (χ1n) is 7.29. The highest BCUT2D eigenvalue weighted by atomic mass is 16.6. The smallest absolute Gasteiger partial charge is 0.269 e. The summed E-state index contributed by atoms with van der Waals surface area (Å²) in [6.07, 6.45) is 0. The van der Waals surface area contributed by atoms with Crippen molar-refractivity contribution in [2.24, 2.45) is 0 Å². The van der Waals surface area contributed by atoms with Crippen molar-refractivity contribution >= 4 is 11.6 Å². The molecule has 0 fully saturated rings. The molecular weight excluding hydrogens is 296 g/mol. The van der Waals surface area contributed by atoms with Crippen molar-refractivity contribution in [2.75, 3.05) is 13.2 Å².